The van der Waals surface area contributed by atoms with E-state index < -0.39 is 31.9 Å². The first-order chi connectivity index (χ1) is 11.8. The number of sulfone groups is 1. The molecule has 0 aliphatic carbocycles. The normalized spacial score (nSPS) is 11.6. The van der Waals surface area contributed by atoms with Gasteiger partial charge in [0.1, 0.15) is 0 Å². The Bertz CT molecular complexity index is 1120. The SMILES string of the molecule is COc1nc2sc(S(=O)(=O)Cc3ccccc3)nn2c(=O)c1[N+](=O)[O-]. The van der Waals surface area contributed by atoms with Gasteiger partial charge in [0.05, 0.1) is 17.8 Å². The van der Waals surface area contributed by atoms with Crippen LogP contribution in [0.4, 0.5) is 5.69 Å². The van der Waals surface area contributed by atoms with E-state index in [0.717, 1.165) is 7.11 Å². The summed E-state index contributed by atoms with van der Waals surface area (Å²) in [6.07, 6.45) is 0. The zero-order chi connectivity index (χ0) is 18.2. The fraction of sp³-hybridized carbons (Fsp3) is 0.154. The summed E-state index contributed by atoms with van der Waals surface area (Å²) in [6.45, 7) is 0. The molecule has 12 heteroatoms. The fourth-order valence-corrected chi connectivity index (χ4v) is 4.57. The molecule has 0 amide bonds. The minimum absolute atomic E-state index is 0.112. The van der Waals surface area contributed by atoms with Gasteiger partial charge < -0.3 is 4.74 Å². The summed E-state index contributed by atoms with van der Waals surface area (Å²) in [4.78, 5) is 26.0. The molecule has 0 fully saturated rings. The van der Waals surface area contributed by atoms with Gasteiger partial charge >= 0.3 is 17.1 Å². The van der Waals surface area contributed by atoms with E-state index in [9.17, 15) is 23.3 Å². The molecule has 2 aromatic heterocycles. The zero-order valence-electron chi connectivity index (χ0n) is 12.6. The van der Waals surface area contributed by atoms with E-state index in [1.165, 1.54) is 0 Å². The average Bonchev–Trinajstić information content (AvgIpc) is 3.00. The minimum Gasteiger partial charge on any atom is -0.476 e. The molecular formula is C13H10N4O6S2. The maximum atomic E-state index is 12.5. The van der Waals surface area contributed by atoms with E-state index >= 15 is 0 Å². The highest BCUT2D eigenvalue weighted by Crippen LogP contribution is 2.25. The van der Waals surface area contributed by atoms with Crippen LogP contribution < -0.4 is 10.3 Å². The Balaban J connectivity index is 2.14. The Morgan fingerprint density at radius 3 is 2.60 bits per heavy atom. The van der Waals surface area contributed by atoms with Crippen LogP contribution in [-0.4, -0.2) is 35.0 Å². The van der Waals surface area contributed by atoms with Crippen LogP contribution in [0.5, 0.6) is 5.88 Å². The molecule has 0 aliphatic rings. The van der Waals surface area contributed by atoms with E-state index in [4.69, 9.17) is 4.74 Å². The van der Waals surface area contributed by atoms with Crippen molar-refractivity contribution in [1.29, 1.82) is 0 Å². The quantitative estimate of drug-likeness (QED) is 0.472. The van der Waals surface area contributed by atoms with Gasteiger partial charge in [-0.15, -0.1) is 5.10 Å². The van der Waals surface area contributed by atoms with Gasteiger partial charge in [-0.3, -0.25) is 14.9 Å². The molecule has 3 rings (SSSR count). The van der Waals surface area contributed by atoms with E-state index in [1.54, 1.807) is 30.3 Å². The molecule has 3 aromatic rings. The molecule has 10 nitrogen and oxygen atoms in total. The molecular weight excluding hydrogens is 372 g/mol. The summed E-state index contributed by atoms with van der Waals surface area (Å²) in [5.74, 6) is -0.813. The third-order valence-electron chi connectivity index (χ3n) is 3.18. The molecule has 130 valence electrons. The number of hydrogen-bond acceptors (Lipinski definition) is 9. The van der Waals surface area contributed by atoms with Gasteiger partial charge in [-0.25, -0.2) is 8.42 Å². The third-order valence-corrected chi connectivity index (χ3v) is 6.22. The molecule has 0 N–H and O–H groups in total. The van der Waals surface area contributed by atoms with Crippen molar-refractivity contribution in [2.24, 2.45) is 0 Å². The van der Waals surface area contributed by atoms with E-state index in [-0.39, 0.29) is 15.1 Å². The number of hydrogen-bond donors (Lipinski definition) is 0. The summed E-state index contributed by atoms with van der Waals surface area (Å²) in [5, 5.41) is 14.7. The van der Waals surface area contributed by atoms with Crippen LogP contribution in [-0.2, 0) is 15.6 Å². The van der Waals surface area contributed by atoms with E-state index in [0.29, 0.717) is 21.4 Å². The lowest BCUT2D eigenvalue weighted by atomic mass is 10.2. The molecule has 0 saturated heterocycles. The maximum absolute atomic E-state index is 12.5. The van der Waals surface area contributed by atoms with Crippen LogP contribution in [0, 0.1) is 10.1 Å². The van der Waals surface area contributed by atoms with Gasteiger partial charge in [0.2, 0.25) is 19.1 Å². The highest BCUT2D eigenvalue weighted by molar-refractivity contribution is 7.92. The first-order valence-corrected chi connectivity index (χ1v) is 9.19. The van der Waals surface area contributed by atoms with E-state index in [1.807, 2.05) is 0 Å². The average molecular weight is 382 g/mol. The Morgan fingerprint density at radius 1 is 1.32 bits per heavy atom. The van der Waals surface area contributed by atoms with Crippen LogP contribution in [0.25, 0.3) is 4.96 Å². The van der Waals surface area contributed by atoms with Crippen molar-refractivity contribution in [3.8, 4) is 5.88 Å². The largest absolute Gasteiger partial charge is 0.476 e. The van der Waals surface area contributed by atoms with Crippen molar-refractivity contribution in [3.63, 3.8) is 0 Å². The number of rotatable bonds is 5. The molecule has 0 radical (unpaired) electrons. The van der Waals surface area contributed by atoms with Crippen LogP contribution in [0.1, 0.15) is 5.56 Å². The Kier molecular flexibility index (Phi) is 4.22. The second-order valence-electron chi connectivity index (χ2n) is 4.84. The number of aromatic nitrogens is 3. The van der Waals surface area contributed by atoms with Gasteiger partial charge in [0, 0.05) is 0 Å². The van der Waals surface area contributed by atoms with Crippen molar-refractivity contribution in [1.82, 2.24) is 14.6 Å². The number of ether oxygens (including phenoxy) is 1. The molecule has 0 spiro atoms. The Labute approximate surface area is 144 Å². The predicted molar refractivity (Wildman–Crippen MR) is 87.7 cm³/mol. The van der Waals surface area contributed by atoms with Crippen molar-refractivity contribution in [3.05, 3.63) is 56.4 Å². The van der Waals surface area contributed by atoms with Crippen LogP contribution in [0.3, 0.4) is 0 Å². The van der Waals surface area contributed by atoms with Crippen molar-refractivity contribution >= 4 is 31.8 Å². The summed E-state index contributed by atoms with van der Waals surface area (Å²) >= 11 is 0.638. The van der Waals surface area contributed by atoms with Gasteiger partial charge in [-0.2, -0.15) is 9.50 Å². The molecule has 0 atom stereocenters. The lowest BCUT2D eigenvalue weighted by Gasteiger charge is -1.99. The standard InChI is InChI=1S/C13H10N4O6S2/c1-23-10-9(17(19)20)11(18)16-12(14-10)24-13(15-16)25(21,22)7-8-5-3-2-4-6-8/h2-6H,7H2,1H3. The van der Waals surface area contributed by atoms with Crippen molar-refractivity contribution < 1.29 is 18.1 Å². The van der Waals surface area contributed by atoms with Crippen molar-refractivity contribution in [2.75, 3.05) is 7.11 Å². The first kappa shape index (κ1) is 17.0. The lowest BCUT2D eigenvalue weighted by Crippen LogP contribution is -2.20. The van der Waals surface area contributed by atoms with E-state index in [2.05, 4.69) is 10.1 Å². The Hall–Kier alpha value is -2.86. The molecule has 0 saturated carbocycles. The molecule has 0 unspecified atom stereocenters. The second kappa shape index (κ2) is 6.22. The van der Waals surface area contributed by atoms with Crippen molar-refractivity contribution in [2.45, 2.75) is 10.1 Å². The second-order valence-corrected chi connectivity index (χ2v) is 7.96. The molecule has 2 heterocycles. The van der Waals surface area contributed by atoms with Crippen LogP contribution in [0.2, 0.25) is 0 Å². The number of nitrogens with zero attached hydrogens (tertiary/aromatic N) is 4. The number of nitro groups is 1. The maximum Gasteiger partial charge on any atom is 0.397 e. The van der Waals surface area contributed by atoms with Gasteiger partial charge in [-0.1, -0.05) is 41.7 Å². The topological polar surface area (TPSA) is 134 Å². The summed E-state index contributed by atoms with van der Waals surface area (Å²) in [7, 11) is -2.72. The number of benzene rings is 1. The summed E-state index contributed by atoms with van der Waals surface area (Å²) in [5.41, 5.74) is -1.47. The molecule has 0 aliphatic heterocycles. The van der Waals surface area contributed by atoms with Gasteiger partial charge in [-0.05, 0) is 5.56 Å². The fourth-order valence-electron chi connectivity index (χ4n) is 2.08. The molecule has 1 aromatic carbocycles. The van der Waals surface area contributed by atoms with Gasteiger partial charge in [0.15, 0.2) is 0 Å². The van der Waals surface area contributed by atoms with Crippen LogP contribution >= 0.6 is 11.3 Å². The first-order valence-electron chi connectivity index (χ1n) is 6.72. The minimum atomic E-state index is -3.85. The van der Waals surface area contributed by atoms with Crippen LogP contribution in [0.15, 0.2) is 39.5 Å². The highest BCUT2D eigenvalue weighted by Gasteiger charge is 2.29. The monoisotopic (exact) mass is 382 g/mol. The highest BCUT2D eigenvalue weighted by atomic mass is 32.2. The third kappa shape index (κ3) is 3.08. The predicted octanol–water partition coefficient (Wildman–Crippen LogP) is 1.04. The molecule has 0 bridgehead atoms. The lowest BCUT2D eigenvalue weighted by molar-refractivity contribution is -0.387. The Morgan fingerprint density at radius 2 is 2.00 bits per heavy atom. The summed E-state index contributed by atoms with van der Waals surface area (Å²) in [6, 6.07) is 8.43. The molecule has 25 heavy (non-hydrogen) atoms. The number of fused-ring (bicyclic) bond motifs is 1. The van der Waals surface area contributed by atoms with Gasteiger partial charge in [0.25, 0.3) is 0 Å². The number of methoxy groups -OCH3 is 1. The smallest absolute Gasteiger partial charge is 0.397 e. The zero-order valence-corrected chi connectivity index (χ0v) is 14.3. The summed E-state index contributed by atoms with van der Waals surface area (Å²) < 4.78 is 30.0.